The van der Waals surface area contributed by atoms with E-state index in [1.54, 1.807) is 0 Å². The van der Waals surface area contributed by atoms with Crippen molar-refractivity contribution >= 4 is 17.9 Å². The predicted octanol–water partition coefficient (Wildman–Crippen LogP) is 7.20. The van der Waals surface area contributed by atoms with Crippen LogP contribution < -0.4 is 5.01 Å². The summed E-state index contributed by atoms with van der Waals surface area (Å²) in [6.45, 7) is 11.7. The van der Waals surface area contributed by atoms with Crippen LogP contribution in [0.25, 0.3) is 0 Å². The summed E-state index contributed by atoms with van der Waals surface area (Å²) < 4.78 is 13.5. The Kier molecular flexibility index (Phi) is 9.52. The number of allylic oxidation sites excluding steroid dienone is 6. The second kappa shape index (κ2) is 13.2. The van der Waals surface area contributed by atoms with Gasteiger partial charge in [0.25, 0.3) is 0 Å². The third kappa shape index (κ3) is 6.88. The monoisotopic (exact) mass is 501 g/mol. The molecule has 0 aliphatic carbocycles. The molecule has 3 heterocycles. The fourth-order valence-electron chi connectivity index (χ4n) is 5.00. The van der Waals surface area contributed by atoms with E-state index in [0.29, 0.717) is 0 Å². The number of halogens is 1. The minimum absolute atomic E-state index is 0.207. The van der Waals surface area contributed by atoms with E-state index in [9.17, 15) is 4.39 Å². The van der Waals surface area contributed by atoms with Gasteiger partial charge in [-0.25, -0.2) is 9.38 Å². The maximum atomic E-state index is 13.5. The van der Waals surface area contributed by atoms with E-state index in [4.69, 9.17) is 4.99 Å². The zero-order valence-electron chi connectivity index (χ0n) is 22.4. The van der Waals surface area contributed by atoms with Gasteiger partial charge in [-0.3, -0.25) is 15.0 Å². The maximum Gasteiger partial charge on any atom is 0.145 e. The summed E-state index contributed by atoms with van der Waals surface area (Å²) in [5, 5.41) is 4.51. The summed E-state index contributed by atoms with van der Waals surface area (Å²) in [5.41, 5.74) is 5.81. The van der Waals surface area contributed by atoms with Crippen LogP contribution in [0.3, 0.4) is 0 Å². The molecule has 3 aliphatic rings. The Bertz CT molecular complexity index is 1120. The third-order valence-electron chi connectivity index (χ3n) is 7.03. The summed E-state index contributed by atoms with van der Waals surface area (Å²) in [7, 11) is 0. The van der Waals surface area contributed by atoms with Gasteiger partial charge in [-0.2, -0.15) is 0 Å². The number of fused-ring (bicyclic) bond motifs is 1. The molecule has 5 nitrogen and oxygen atoms in total. The zero-order chi connectivity index (χ0) is 26.0. The molecule has 0 aromatic heterocycles. The van der Waals surface area contributed by atoms with Crippen LogP contribution in [-0.2, 0) is 0 Å². The molecule has 196 valence electrons. The summed E-state index contributed by atoms with van der Waals surface area (Å²) in [4.78, 5) is 11.6. The number of hydrogen-bond acceptors (Lipinski definition) is 5. The Hall–Kier alpha value is -3.41. The fraction of sp³-hybridized carbons (Fsp3) is 0.419. The minimum Gasteiger partial charge on any atom is -0.328 e. The number of anilines is 1. The molecule has 4 rings (SSSR count). The van der Waals surface area contributed by atoms with Gasteiger partial charge in [-0.1, -0.05) is 44.6 Å². The number of rotatable bonds is 10. The second-order valence-corrected chi connectivity index (χ2v) is 9.71. The van der Waals surface area contributed by atoms with Crippen LogP contribution in [-0.4, -0.2) is 48.3 Å². The Labute approximate surface area is 221 Å². The molecule has 0 spiro atoms. The van der Waals surface area contributed by atoms with Crippen LogP contribution in [0.1, 0.15) is 58.8 Å². The number of hydrogen-bond donors (Lipinski definition) is 0. The third-order valence-corrected chi connectivity index (χ3v) is 7.03. The van der Waals surface area contributed by atoms with Gasteiger partial charge in [0.15, 0.2) is 0 Å². The smallest absolute Gasteiger partial charge is 0.145 e. The lowest BCUT2D eigenvalue weighted by molar-refractivity contribution is 0.347. The van der Waals surface area contributed by atoms with Crippen LogP contribution in [0.4, 0.5) is 10.1 Å². The molecular weight excluding hydrogens is 461 g/mol. The molecule has 0 amide bonds. The van der Waals surface area contributed by atoms with Gasteiger partial charge in [0.2, 0.25) is 0 Å². The van der Waals surface area contributed by atoms with Crippen molar-refractivity contribution in [3.63, 3.8) is 0 Å². The van der Waals surface area contributed by atoms with Crippen molar-refractivity contribution < 1.29 is 4.39 Å². The molecule has 1 saturated heterocycles. The number of hydrazine groups is 1. The zero-order valence-corrected chi connectivity index (χ0v) is 22.4. The molecule has 37 heavy (non-hydrogen) atoms. The Morgan fingerprint density at radius 1 is 1.14 bits per heavy atom. The van der Waals surface area contributed by atoms with Crippen LogP contribution >= 0.6 is 0 Å². The first kappa shape index (κ1) is 26.6. The molecule has 6 heteroatoms. The lowest BCUT2D eigenvalue weighted by atomic mass is 10.0. The van der Waals surface area contributed by atoms with Gasteiger partial charge in [-0.05, 0) is 86.6 Å². The van der Waals surface area contributed by atoms with Crippen molar-refractivity contribution in [3.8, 4) is 0 Å². The molecule has 0 atom stereocenters. The average molecular weight is 502 g/mol. The highest BCUT2D eigenvalue weighted by molar-refractivity contribution is 6.00. The molecule has 1 aromatic carbocycles. The highest BCUT2D eigenvalue weighted by Gasteiger charge is 2.29. The second-order valence-electron chi connectivity index (χ2n) is 9.71. The fourth-order valence-corrected chi connectivity index (χ4v) is 5.00. The first-order chi connectivity index (χ1) is 18.1. The van der Waals surface area contributed by atoms with E-state index in [2.05, 4.69) is 57.7 Å². The largest absolute Gasteiger partial charge is 0.328 e. The molecule has 1 fully saturated rings. The predicted molar refractivity (Wildman–Crippen MR) is 154 cm³/mol. The first-order valence-corrected chi connectivity index (χ1v) is 13.6. The van der Waals surface area contributed by atoms with Crippen LogP contribution in [0.5, 0.6) is 0 Å². The average Bonchev–Trinajstić information content (AvgIpc) is 2.92. The van der Waals surface area contributed by atoms with E-state index in [0.717, 1.165) is 69.1 Å². The van der Waals surface area contributed by atoms with Crippen molar-refractivity contribution in [2.45, 2.75) is 58.8 Å². The van der Waals surface area contributed by atoms with E-state index < -0.39 is 0 Å². The minimum atomic E-state index is -0.207. The van der Waals surface area contributed by atoms with Crippen LogP contribution in [0.15, 0.2) is 93.7 Å². The normalized spacial score (nSPS) is 19.6. The van der Waals surface area contributed by atoms with Gasteiger partial charge in [0, 0.05) is 24.5 Å². The van der Waals surface area contributed by atoms with Crippen molar-refractivity contribution in [2.24, 2.45) is 9.98 Å². The number of nitrogens with zero attached hydrogens (tertiary/aromatic N) is 5. The van der Waals surface area contributed by atoms with Crippen molar-refractivity contribution in [1.29, 1.82) is 0 Å². The molecule has 0 bridgehead atoms. The number of piperidine rings is 1. The summed E-state index contributed by atoms with van der Waals surface area (Å²) in [5.74, 6) is 0.849. The Morgan fingerprint density at radius 2 is 1.97 bits per heavy atom. The molecule has 0 radical (unpaired) electrons. The number of amidine groups is 1. The molecule has 0 unspecified atom stereocenters. The first-order valence-electron chi connectivity index (χ1n) is 13.6. The Morgan fingerprint density at radius 3 is 2.70 bits per heavy atom. The Balaban J connectivity index is 1.49. The van der Waals surface area contributed by atoms with Gasteiger partial charge >= 0.3 is 0 Å². The van der Waals surface area contributed by atoms with Crippen molar-refractivity contribution in [3.05, 3.63) is 89.6 Å². The van der Waals surface area contributed by atoms with E-state index in [1.165, 1.54) is 48.2 Å². The van der Waals surface area contributed by atoms with Gasteiger partial charge in [-0.15, -0.1) is 0 Å². The van der Waals surface area contributed by atoms with Gasteiger partial charge < -0.3 is 4.90 Å². The van der Waals surface area contributed by atoms with Crippen molar-refractivity contribution in [2.75, 3.05) is 31.2 Å². The highest BCUT2D eigenvalue weighted by atomic mass is 19.1. The van der Waals surface area contributed by atoms with Crippen molar-refractivity contribution in [1.82, 2.24) is 9.91 Å². The van der Waals surface area contributed by atoms with E-state index in [-0.39, 0.29) is 5.82 Å². The molecule has 1 aromatic rings. The molecule has 3 aliphatic heterocycles. The summed E-state index contributed by atoms with van der Waals surface area (Å²) in [6, 6.07) is 6.76. The standard InChI is InChI=1S/C31H40FN5/c1-4-6-7-11-26(5-2)30(35-22-19-25(3)34-24-35)14-9-8-12-27-13-10-21-37-31(27)33-20-23-36(37)29-17-15-28(32)16-18-29/h5,9,12,14-19,24H,2,4,6-8,10-11,13,20-23H2,1,3H3/b14-9-,27-12+,30-26-. The van der Waals surface area contributed by atoms with Crippen LogP contribution in [0.2, 0.25) is 0 Å². The molecular formula is C31H40FN5. The molecule has 0 saturated carbocycles. The molecule has 0 N–H and O–H groups in total. The summed E-state index contributed by atoms with van der Waals surface area (Å²) >= 11 is 0. The maximum absolute atomic E-state index is 13.5. The summed E-state index contributed by atoms with van der Waals surface area (Å²) in [6.07, 6.45) is 20.4. The number of aliphatic imine (C=N–C) groups is 2. The lowest BCUT2D eigenvalue weighted by Crippen LogP contribution is -2.53. The van der Waals surface area contributed by atoms with E-state index >= 15 is 0 Å². The SMILES string of the molecule is C=C/C(CCCCC)=C(\C=C/C/C=C1\CCCN2C1=NCCN2c1ccc(F)cc1)N1C=NC(C)=CC1. The van der Waals surface area contributed by atoms with E-state index in [1.807, 2.05) is 31.5 Å². The quantitative estimate of drug-likeness (QED) is 0.251. The lowest BCUT2D eigenvalue weighted by Gasteiger charge is -2.44. The topological polar surface area (TPSA) is 34.4 Å². The number of unbranched alkanes of at least 4 members (excludes halogenated alkanes) is 2. The van der Waals surface area contributed by atoms with Crippen LogP contribution in [0, 0.1) is 5.82 Å². The number of benzene rings is 1. The highest BCUT2D eigenvalue weighted by Crippen LogP contribution is 2.28. The van der Waals surface area contributed by atoms with Gasteiger partial charge in [0.1, 0.15) is 11.7 Å². The van der Waals surface area contributed by atoms with Gasteiger partial charge in [0.05, 0.1) is 25.1 Å².